The first-order valence-electron chi connectivity index (χ1n) is 10.1. The monoisotopic (exact) mass is 389 g/mol. The van der Waals surface area contributed by atoms with Crippen LogP contribution in [-0.4, -0.2) is 39.6 Å². The molecule has 0 unspecified atom stereocenters. The van der Waals surface area contributed by atoms with E-state index in [-0.39, 0.29) is 17.5 Å². The fourth-order valence-electron chi connectivity index (χ4n) is 4.13. The molecule has 8 heteroatoms. The van der Waals surface area contributed by atoms with Crippen LogP contribution in [0.5, 0.6) is 0 Å². The predicted octanol–water partition coefficient (Wildman–Crippen LogP) is 2.38. The van der Waals surface area contributed by atoms with Gasteiger partial charge in [0.25, 0.3) is 5.56 Å². The topological polar surface area (TPSA) is 79.6 Å². The normalized spacial score (nSPS) is 19.1. The summed E-state index contributed by atoms with van der Waals surface area (Å²) in [6, 6.07) is 1.81. The van der Waals surface area contributed by atoms with Crippen LogP contribution < -0.4 is 15.8 Å². The zero-order valence-corrected chi connectivity index (χ0v) is 16.6. The fourth-order valence-corrected chi connectivity index (χ4v) is 5.11. The zero-order valence-electron chi connectivity index (χ0n) is 15.8. The number of rotatable bonds is 5. The molecular weight excluding hydrogens is 362 g/mol. The minimum absolute atomic E-state index is 0.117. The van der Waals surface area contributed by atoms with E-state index in [1.165, 1.54) is 41.5 Å². The lowest BCUT2D eigenvalue weighted by atomic mass is 10.0. The molecule has 2 aromatic heterocycles. The number of hydrogen-bond donors (Lipinski definition) is 1. The number of anilines is 1. The summed E-state index contributed by atoms with van der Waals surface area (Å²) in [6.45, 7) is 3.67. The van der Waals surface area contributed by atoms with Crippen LogP contribution in [0, 0.1) is 5.92 Å². The van der Waals surface area contributed by atoms with E-state index in [9.17, 15) is 9.59 Å². The second-order valence-corrected chi connectivity index (χ2v) is 8.64. The number of piperidine rings is 1. The van der Waals surface area contributed by atoms with Crippen LogP contribution in [0.25, 0.3) is 4.96 Å². The highest BCUT2D eigenvalue weighted by Crippen LogP contribution is 2.28. The number of aryl methyl sites for hydroxylation is 1. The predicted molar refractivity (Wildman–Crippen MR) is 106 cm³/mol. The number of nitrogens with one attached hydrogen (secondary N) is 1. The molecule has 1 N–H and O–H groups in total. The van der Waals surface area contributed by atoms with Crippen molar-refractivity contribution in [1.82, 2.24) is 19.9 Å². The third-order valence-electron chi connectivity index (χ3n) is 5.73. The molecule has 2 aromatic rings. The van der Waals surface area contributed by atoms with Gasteiger partial charge in [0.05, 0.1) is 0 Å². The molecule has 1 aliphatic heterocycles. The van der Waals surface area contributed by atoms with Gasteiger partial charge in [0, 0.05) is 37.3 Å². The second-order valence-electron chi connectivity index (χ2n) is 7.70. The SMILES string of the molecule is CCc1cc(=O)n2nc(N3CCC(NC(=O)CC4CCCC4)CC3)sc2n1. The minimum atomic E-state index is -0.117. The molecule has 0 radical (unpaired) electrons. The van der Waals surface area contributed by atoms with Gasteiger partial charge in [0.15, 0.2) is 0 Å². The average molecular weight is 390 g/mol. The highest BCUT2D eigenvalue weighted by molar-refractivity contribution is 7.20. The van der Waals surface area contributed by atoms with Crippen molar-refractivity contribution in [3.63, 3.8) is 0 Å². The van der Waals surface area contributed by atoms with Crippen molar-refractivity contribution >= 4 is 27.3 Å². The molecule has 2 aliphatic rings. The van der Waals surface area contributed by atoms with Crippen molar-refractivity contribution in [2.24, 2.45) is 5.92 Å². The second kappa shape index (κ2) is 7.96. The summed E-state index contributed by atoms with van der Waals surface area (Å²) in [5, 5.41) is 8.52. The highest BCUT2D eigenvalue weighted by Gasteiger charge is 2.25. The lowest BCUT2D eigenvalue weighted by molar-refractivity contribution is -0.122. The van der Waals surface area contributed by atoms with E-state index >= 15 is 0 Å². The Hall–Kier alpha value is -1.96. The lowest BCUT2D eigenvalue weighted by Gasteiger charge is -2.32. The maximum absolute atomic E-state index is 12.3. The summed E-state index contributed by atoms with van der Waals surface area (Å²) in [4.78, 5) is 31.8. The van der Waals surface area contributed by atoms with Gasteiger partial charge < -0.3 is 10.2 Å². The van der Waals surface area contributed by atoms with E-state index in [4.69, 9.17) is 0 Å². The van der Waals surface area contributed by atoms with E-state index in [1.54, 1.807) is 6.07 Å². The van der Waals surface area contributed by atoms with Crippen molar-refractivity contribution in [2.45, 2.75) is 64.3 Å². The number of amides is 1. The standard InChI is InChI=1S/C19H27N5O2S/c1-2-14-12-17(26)24-18(21-14)27-19(22-24)23-9-7-15(8-10-23)20-16(25)11-13-5-3-4-6-13/h12-13,15H,2-11H2,1H3,(H,20,25). The molecule has 0 aromatic carbocycles. The summed E-state index contributed by atoms with van der Waals surface area (Å²) < 4.78 is 1.40. The first-order chi connectivity index (χ1) is 13.1. The number of carbonyl (C=O) groups excluding carboxylic acids is 1. The Balaban J connectivity index is 1.35. The smallest absolute Gasteiger partial charge is 0.275 e. The van der Waals surface area contributed by atoms with Gasteiger partial charge in [-0.2, -0.15) is 4.52 Å². The van der Waals surface area contributed by atoms with Gasteiger partial charge in [-0.25, -0.2) is 4.98 Å². The molecule has 0 spiro atoms. The lowest BCUT2D eigenvalue weighted by Crippen LogP contribution is -2.45. The van der Waals surface area contributed by atoms with Crippen LogP contribution in [-0.2, 0) is 11.2 Å². The molecule has 4 rings (SSSR count). The van der Waals surface area contributed by atoms with Gasteiger partial charge in [-0.1, -0.05) is 31.1 Å². The van der Waals surface area contributed by atoms with Crippen molar-refractivity contribution < 1.29 is 4.79 Å². The summed E-state index contributed by atoms with van der Waals surface area (Å²) >= 11 is 1.46. The summed E-state index contributed by atoms with van der Waals surface area (Å²) in [6.07, 6.45) is 8.21. The quantitative estimate of drug-likeness (QED) is 0.849. The third kappa shape index (κ3) is 4.15. The third-order valence-corrected chi connectivity index (χ3v) is 6.70. The number of nitrogens with zero attached hydrogens (tertiary/aromatic N) is 4. The van der Waals surface area contributed by atoms with E-state index in [1.807, 2.05) is 6.92 Å². The molecule has 1 aliphatic carbocycles. The van der Waals surface area contributed by atoms with E-state index in [0.29, 0.717) is 17.3 Å². The molecule has 3 heterocycles. The molecule has 7 nitrogen and oxygen atoms in total. The van der Waals surface area contributed by atoms with Crippen molar-refractivity contribution in [1.29, 1.82) is 0 Å². The van der Waals surface area contributed by atoms with Crippen molar-refractivity contribution in [2.75, 3.05) is 18.0 Å². The number of aromatic nitrogens is 3. The molecule has 1 saturated carbocycles. The van der Waals surface area contributed by atoms with Crippen LogP contribution in [0.1, 0.15) is 57.6 Å². The number of hydrogen-bond acceptors (Lipinski definition) is 6. The summed E-state index contributed by atoms with van der Waals surface area (Å²) in [5.41, 5.74) is 0.687. The Kier molecular flexibility index (Phi) is 5.43. The van der Waals surface area contributed by atoms with Crippen LogP contribution in [0.2, 0.25) is 0 Å². The maximum atomic E-state index is 12.3. The Morgan fingerprint density at radius 2 is 2.00 bits per heavy atom. The van der Waals surface area contributed by atoms with Gasteiger partial charge in [-0.05, 0) is 38.0 Å². The Labute approximate surface area is 162 Å². The first kappa shape index (κ1) is 18.4. The molecule has 0 bridgehead atoms. The van der Waals surface area contributed by atoms with E-state index in [2.05, 4.69) is 20.3 Å². The maximum Gasteiger partial charge on any atom is 0.275 e. The van der Waals surface area contributed by atoms with E-state index < -0.39 is 0 Å². The van der Waals surface area contributed by atoms with Crippen LogP contribution >= 0.6 is 11.3 Å². The highest BCUT2D eigenvalue weighted by atomic mass is 32.1. The van der Waals surface area contributed by atoms with Gasteiger partial charge in [-0.15, -0.1) is 5.10 Å². The largest absolute Gasteiger partial charge is 0.353 e. The van der Waals surface area contributed by atoms with Gasteiger partial charge in [0.2, 0.25) is 16.0 Å². The van der Waals surface area contributed by atoms with Crippen molar-refractivity contribution in [3.05, 3.63) is 22.1 Å². The molecule has 2 fully saturated rings. The average Bonchev–Trinajstić information content (AvgIpc) is 3.32. The van der Waals surface area contributed by atoms with Gasteiger partial charge >= 0.3 is 0 Å². The Morgan fingerprint density at radius 1 is 1.26 bits per heavy atom. The summed E-state index contributed by atoms with van der Waals surface area (Å²) in [5.74, 6) is 0.801. The van der Waals surface area contributed by atoms with Crippen molar-refractivity contribution in [3.8, 4) is 0 Å². The molecular formula is C19H27N5O2S. The van der Waals surface area contributed by atoms with Crippen LogP contribution in [0.15, 0.2) is 10.9 Å². The minimum Gasteiger partial charge on any atom is -0.353 e. The van der Waals surface area contributed by atoms with Crippen LogP contribution in [0.3, 0.4) is 0 Å². The fraction of sp³-hybridized carbons (Fsp3) is 0.684. The molecule has 27 heavy (non-hydrogen) atoms. The zero-order chi connectivity index (χ0) is 18.8. The molecule has 0 atom stereocenters. The van der Waals surface area contributed by atoms with Gasteiger partial charge in [0.1, 0.15) is 0 Å². The molecule has 1 amide bonds. The Morgan fingerprint density at radius 3 is 2.70 bits per heavy atom. The number of fused-ring (bicyclic) bond motifs is 1. The summed E-state index contributed by atoms with van der Waals surface area (Å²) in [7, 11) is 0. The molecule has 1 saturated heterocycles. The van der Waals surface area contributed by atoms with Gasteiger partial charge in [-0.3, -0.25) is 9.59 Å². The molecule has 146 valence electrons. The number of carbonyl (C=O) groups is 1. The Bertz CT molecular complexity index is 863. The van der Waals surface area contributed by atoms with E-state index in [0.717, 1.165) is 43.2 Å². The first-order valence-corrected chi connectivity index (χ1v) is 10.9. The van der Waals surface area contributed by atoms with Crippen LogP contribution in [0.4, 0.5) is 5.13 Å².